The van der Waals surface area contributed by atoms with Crippen molar-refractivity contribution >= 4 is 17.1 Å². The second-order valence-electron chi connectivity index (χ2n) is 4.69. The van der Waals surface area contributed by atoms with E-state index in [2.05, 4.69) is 18.8 Å². The first-order valence-electron chi connectivity index (χ1n) is 6.55. The maximum atomic E-state index is 12.2. The van der Waals surface area contributed by atoms with Gasteiger partial charge in [-0.2, -0.15) is 0 Å². The first-order chi connectivity index (χ1) is 8.08. The molecule has 1 heterocycles. The summed E-state index contributed by atoms with van der Waals surface area (Å²) in [6, 6.07) is 0. The molecule has 17 heavy (non-hydrogen) atoms. The van der Waals surface area contributed by atoms with Gasteiger partial charge in [-0.1, -0.05) is 39.5 Å². The van der Waals surface area contributed by atoms with E-state index in [1.165, 1.54) is 30.6 Å². The number of rotatable bonds is 7. The van der Waals surface area contributed by atoms with Crippen molar-refractivity contribution in [3.05, 3.63) is 15.6 Å². The van der Waals surface area contributed by atoms with Gasteiger partial charge in [0.05, 0.1) is 15.6 Å². The summed E-state index contributed by atoms with van der Waals surface area (Å²) in [6.07, 6.45) is 5.41. The van der Waals surface area contributed by atoms with Gasteiger partial charge in [-0.3, -0.25) is 4.79 Å². The van der Waals surface area contributed by atoms with E-state index in [9.17, 15) is 4.79 Å². The molecule has 3 heteroatoms. The fraction of sp³-hybridized carbons (Fsp3) is 0.714. The Bertz CT molecular complexity index is 370. The maximum absolute atomic E-state index is 12.2. The fourth-order valence-electron chi connectivity index (χ4n) is 2.09. The molecule has 0 aliphatic heterocycles. The molecule has 0 N–H and O–H groups in total. The van der Waals surface area contributed by atoms with Gasteiger partial charge in [-0.05, 0) is 19.8 Å². The molecule has 1 rings (SSSR count). The van der Waals surface area contributed by atoms with Gasteiger partial charge < -0.3 is 0 Å². The molecular formula is C14H23NOS. The summed E-state index contributed by atoms with van der Waals surface area (Å²) in [5.74, 6) is 0.834. The lowest BCUT2D eigenvalue weighted by atomic mass is 9.93. The molecule has 0 bridgehead atoms. The lowest BCUT2D eigenvalue weighted by molar-refractivity contribution is 0.0960. The molecule has 0 aliphatic rings. The zero-order chi connectivity index (χ0) is 12.8. The molecule has 0 aromatic carbocycles. The van der Waals surface area contributed by atoms with Crippen molar-refractivity contribution in [3.63, 3.8) is 0 Å². The Balaban J connectivity index is 2.61. The van der Waals surface area contributed by atoms with Gasteiger partial charge in [-0.15, -0.1) is 11.3 Å². The van der Waals surface area contributed by atoms with E-state index >= 15 is 0 Å². The van der Waals surface area contributed by atoms with Crippen LogP contribution < -0.4 is 0 Å². The predicted octanol–water partition coefficient (Wildman–Crippen LogP) is 4.55. The maximum Gasteiger partial charge on any atom is 0.174 e. The highest BCUT2D eigenvalue weighted by Gasteiger charge is 2.17. The number of hydrogen-bond donors (Lipinski definition) is 0. The Morgan fingerprint density at radius 3 is 2.53 bits per heavy atom. The molecule has 0 amide bonds. The molecular weight excluding hydrogens is 230 g/mol. The van der Waals surface area contributed by atoms with Crippen molar-refractivity contribution < 1.29 is 4.79 Å². The first kappa shape index (κ1) is 14.4. The highest BCUT2D eigenvalue weighted by molar-refractivity contribution is 7.13. The van der Waals surface area contributed by atoms with Crippen LogP contribution >= 0.6 is 11.3 Å². The predicted molar refractivity (Wildman–Crippen MR) is 73.8 cm³/mol. The Labute approximate surface area is 108 Å². The van der Waals surface area contributed by atoms with Crippen LogP contribution in [0.2, 0.25) is 0 Å². The second-order valence-corrected chi connectivity index (χ2v) is 5.89. The van der Waals surface area contributed by atoms with Gasteiger partial charge in [0, 0.05) is 6.42 Å². The summed E-state index contributed by atoms with van der Waals surface area (Å²) in [6.45, 7) is 8.27. The molecule has 0 radical (unpaired) electrons. The number of unbranched alkanes of at least 4 members (excludes halogenated alkanes) is 1. The Hall–Kier alpha value is -0.700. The van der Waals surface area contributed by atoms with E-state index in [1.54, 1.807) is 0 Å². The molecule has 1 aromatic heterocycles. The molecule has 1 atom stereocenters. The highest BCUT2D eigenvalue weighted by atomic mass is 32.1. The number of carbonyl (C=O) groups excluding carboxylic acids is 1. The van der Waals surface area contributed by atoms with Crippen LogP contribution in [0.3, 0.4) is 0 Å². The van der Waals surface area contributed by atoms with Crippen molar-refractivity contribution in [1.29, 1.82) is 0 Å². The van der Waals surface area contributed by atoms with Crippen molar-refractivity contribution in [2.45, 2.75) is 59.8 Å². The van der Waals surface area contributed by atoms with Crippen LogP contribution in [0.25, 0.3) is 0 Å². The van der Waals surface area contributed by atoms with Gasteiger partial charge in [0.1, 0.15) is 0 Å². The molecule has 96 valence electrons. The quantitative estimate of drug-likeness (QED) is 0.667. The van der Waals surface area contributed by atoms with Gasteiger partial charge in [0.15, 0.2) is 5.78 Å². The van der Waals surface area contributed by atoms with Crippen LogP contribution in [-0.4, -0.2) is 10.8 Å². The third kappa shape index (κ3) is 4.23. The molecule has 0 aliphatic carbocycles. The van der Waals surface area contributed by atoms with E-state index in [4.69, 9.17) is 0 Å². The van der Waals surface area contributed by atoms with Gasteiger partial charge >= 0.3 is 0 Å². The minimum Gasteiger partial charge on any atom is -0.293 e. The van der Waals surface area contributed by atoms with Crippen LogP contribution in [0.15, 0.2) is 0 Å². The summed E-state index contributed by atoms with van der Waals surface area (Å²) < 4.78 is 0. The number of carbonyl (C=O) groups is 1. The molecule has 0 saturated heterocycles. The highest BCUT2D eigenvalue weighted by Crippen LogP contribution is 2.24. The lowest BCUT2D eigenvalue weighted by Gasteiger charge is -2.12. The Morgan fingerprint density at radius 1 is 1.35 bits per heavy atom. The number of hydrogen-bond acceptors (Lipinski definition) is 3. The third-order valence-electron chi connectivity index (χ3n) is 3.17. The average molecular weight is 253 g/mol. The molecule has 1 unspecified atom stereocenters. The summed E-state index contributed by atoms with van der Waals surface area (Å²) in [7, 11) is 0. The van der Waals surface area contributed by atoms with Crippen LogP contribution in [-0.2, 0) is 0 Å². The van der Waals surface area contributed by atoms with E-state index < -0.39 is 0 Å². The largest absolute Gasteiger partial charge is 0.293 e. The van der Waals surface area contributed by atoms with Gasteiger partial charge in [0.2, 0.25) is 0 Å². The number of aryl methyl sites for hydroxylation is 2. The summed E-state index contributed by atoms with van der Waals surface area (Å²) >= 11 is 1.54. The Kier molecular flexibility index (Phi) is 5.83. The fourth-order valence-corrected chi connectivity index (χ4v) is 2.96. The number of thiazole rings is 1. The van der Waals surface area contributed by atoms with Crippen molar-refractivity contribution in [3.8, 4) is 0 Å². The van der Waals surface area contributed by atoms with Crippen molar-refractivity contribution in [1.82, 2.24) is 4.98 Å². The smallest absolute Gasteiger partial charge is 0.174 e. The molecule has 0 saturated carbocycles. The SMILES string of the molecule is CCCCC(CC)CC(=O)c1sc(C)nc1C. The topological polar surface area (TPSA) is 30.0 Å². The van der Waals surface area contributed by atoms with Crippen molar-refractivity contribution in [2.24, 2.45) is 5.92 Å². The van der Waals surface area contributed by atoms with Crippen LogP contribution in [0, 0.1) is 19.8 Å². The van der Waals surface area contributed by atoms with Gasteiger partial charge in [0.25, 0.3) is 0 Å². The van der Waals surface area contributed by atoms with E-state index in [0.29, 0.717) is 12.3 Å². The standard InChI is InChI=1S/C14H23NOS/c1-5-7-8-12(6-2)9-13(16)14-10(3)15-11(4)17-14/h12H,5-9H2,1-4H3. The molecule has 1 aromatic rings. The van der Waals surface area contributed by atoms with E-state index in [0.717, 1.165) is 22.0 Å². The van der Waals surface area contributed by atoms with Gasteiger partial charge in [-0.25, -0.2) is 4.98 Å². The third-order valence-corrected chi connectivity index (χ3v) is 4.29. The second kappa shape index (κ2) is 6.90. The van der Waals surface area contributed by atoms with Crippen LogP contribution in [0.4, 0.5) is 0 Å². The summed E-state index contributed by atoms with van der Waals surface area (Å²) in [5.41, 5.74) is 0.905. The zero-order valence-corrected chi connectivity index (χ0v) is 12.2. The minimum atomic E-state index is 0.288. The molecule has 0 fully saturated rings. The monoisotopic (exact) mass is 253 g/mol. The number of Topliss-reactive ketones (excluding diaryl/α,β-unsaturated/α-hetero) is 1. The van der Waals surface area contributed by atoms with E-state index in [-0.39, 0.29) is 5.78 Å². The van der Waals surface area contributed by atoms with E-state index in [1.807, 2.05) is 13.8 Å². The van der Waals surface area contributed by atoms with Crippen LogP contribution in [0.5, 0.6) is 0 Å². The number of ketones is 1. The molecule has 0 spiro atoms. The summed E-state index contributed by atoms with van der Waals surface area (Å²) in [5, 5.41) is 0.993. The zero-order valence-electron chi connectivity index (χ0n) is 11.4. The normalized spacial score (nSPS) is 12.7. The number of nitrogens with zero attached hydrogens (tertiary/aromatic N) is 1. The van der Waals surface area contributed by atoms with Crippen LogP contribution in [0.1, 0.15) is 66.3 Å². The Morgan fingerprint density at radius 2 is 2.06 bits per heavy atom. The number of aromatic nitrogens is 1. The first-order valence-corrected chi connectivity index (χ1v) is 7.37. The summed E-state index contributed by atoms with van der Waals surface area (Å²) in [4.78, 5) is 17.4. The van der Waals surface area contributed by atoms with Crippen molar-refractivity contribution in [2.75, 3.05) is 0 Å². The lowest BCUT2D eigenvalue weighted by Crippen LogP contribution is -2.08. The average Bonchev–Trinajstić information content (AvgIpc) is 2.63. The minimum absolute atomic E-state index is 0.288. The molecule has 2 nitrogen and oxygen atoms in total.